The quantitative estimate of drug-likeness (QED) is 0.109. The maximum atomic E-state index is 6.36. The first-order valence-electron chi connectivity index (χ1n) is 18.6. The molecule has 10 nitrogen and oxygen atoms in total. The molecule has 4 heterocycles. The first-order chi connectivity index (χ1) is 24.6. The van der Waals surface area contributed by atoms with E-state index in [0.717, 1.165) is 48.3 Å². The molecule has 0 radical (unpaired) electrons. The fourth-order valence-corrected chi connectivity index (χ4v) is 8.73. The fraction of sp³-hybridized carbons (Fsp3) is 0.692. The molecule has 2 aromatic rings. The van der Waals surface area contributed by atoms with Gasteiger partial charge in [0.05, 0.1) is 79.3 Å². The molecule has 4 aliphatic rings. The van der Waals surface area contributed by atoms with Crippen molar-refractivity contribution in [2.45, 2.75) is 72.6 Å². The lowest BCUT2D eigenvalue weighted by Gasteiger charge is -2.42. The van der Waals surface area contributed by atoms with E-state index in [0.29, 0.717) is 79.3 Å². The summed E-state index contributed by atoms with van der Waals surface area (Å²) in [5, 5.41) is 0. The Hall–Kier alpha value is -1.42. The second kappa shape index (κ2) is 16.9. The molecule has 4 fully saturated rings. The second-order valence-electron chi connectivity index (χ2n) is 15.8. The zero-order chi connectivity index (χ0) is 36.0. The summed E-state index contributed by atoms with van der Waals surface area (Å²) in [6.07, 6.45) is 3.97. The highest BCUT2D eigenvalue weighted by Gasteiger charge is 2.43. The largest absolute Gasteiger partial charge is 0.427 e. The molecule has 0 aliphatic carbocycles. The monoisotopic (exact) mass is 748 g/mol. The van der Waals surface area contributed by atoms with E-state index in [1.54, 1.807) is 0 Å². The molecule has 2 aromatic carbocycles. The number of ether oxygens (including phenoxy) is 4. The fourth-order valence-electron chi connectivity index (χ4n) is 6.26. The summed E-state index contributed by atoms with van der Waals surface area (Å²) < 4.78 is 60.0. The molecular weight excluding hydrogens is 690 g/mol. The normalized spacial score (nSPS) is 21.3. The summed E-state index contributed by atoms with van der Waals surface area (Å²) in [5.74, 6) is 1.44. The third-order valence-corrected chi connectivity index (χ3v) is 13.8. The van der Waals surface area contributed by atoms with Crippen LogP contribution in [0, 0.1) is 21.7 Å². The van der Waals surface area contributed by atoms with E-state index in [2.05, 4.69) is 65.8 Å². The van der Waals surface area contributed by atoms with E-state index >= 15 is 0 Å². The average Bonchev–Trinajstić information content (AvgIpc) is 3.07. The highest BCUT2D eigenvalue weighted by molar-refractivity contribution is 7.42. The van der Waals surface area contributed by atoms with Crippen LogP contribution in [0.25, 0.3) is 0 Å². The Morgan fingerprint density at radius 1 is 0.471 bits per heavy atom. The van der Waals surface area contributed by atoms with Gasteiger partial charge >= 0.3 is 17.2 Å². The minimum Gasteiger partial charge on any atom is -0.427 e. The van der Waals surface area contributed by atoms with Gasteiger partial charge in [0.25, 0.3) is 0 Å². The van der Waals surface area contributed by atoms with Crippen molar-refractivity contribution in [2.24, 2.45) is 21.7 Å². The molecule has 0 bridgehead atoms. The summed E-state index contributed by atoms with van der Waals surface area (Å²) in [4.78, 5) is 0. The summed E-state index contributed by atoms with van der Waals surface area (Å²) in [7, 11) is -3.17. The van der Waals surface area contributed by atoms with Gasteiger partial charge in [-0.3, -0.25) is 0 Å². The molecule has 4 saturated heterocycles. The predicted molar refractivity (Wildman–Crippen MR) is 198 cm³/mol. The van der Waals surface area contributed by atoms with E-state index in [1.165, 1.54) is 0 Å². The minimum atomic E-state index is -1.59. The molecule has 12 heteroatoms. The van der Waals surface area contributed by atoms with Gasteiger partial charge in [0.2, 0.25) is 0 Å². The maximum Gasteiger partial charge on any atom is 0.397 e. The van der Waals surface area contributed by atoms with Crippen molar-refractivity contribution in [3.63, 3.8) is 0 Å². The zero-order valence-electron chi connectivity index (χ0n) is 31.4. The van der Waals surface area contributed by atoms with E-state index in [9.17, 15) is 0 Å². The van der Waals surface area contributed by atoms with Gasteiger partial charge in [-0.25, -0.2) is 0 Å². The minimum absolute atomic E-state index is 0.0402. The van der Waals surface area contributed by atoms with Crippen LogP contribution >= 0.6 is 17.2 Å². The molecule has 0 aromatic heterocycles. The van der Waals surface area contributed by atoms with Crippen molar-refractivity contribution in [1.29, 1.82) is 0 Å². The van der Waals surface area contributed by atoms with Crippen LogP contribution in [-0.2, 0) is 42.5 Å². The van der Waals surface area contributed by atoms with Gasteiger partial charge in [-0.1, -0.05) is 65.8 Å². The third-order valence-electron chi connectivity index (χ3n) is 11.7. The molecule has 6 rings (SSSR count). The molecule has 0 spiro atoms. The van der Waals surface area contributed by atoms with Crippen LogP contribution in [-0.4, -0.2) is 79.3 Å². The van der Waals surface area contributed by atoms with Gasteiger partial charge in [0.1, 0.15) is 11.5 Å². The number of rotatable bonds is 22. The van der Waals surface area contributed by atoms with E-state index in [-0.39, 0.29) is 27.1 Å². The Morgan fingerprint density at radius 2 is 0.725 bits per heavy atom. The SMILES string of the molecule is CCC1(COP(OCC2(CC)COC2)Oc2ccc(C(C)(C)c3ccc(OP(OCC4(CC)COC4)OCC4(CC)COC4)cc3)cc2)COC1. The van der Waals surface area contributed by atoms with Gasteiger partial charge in [0.15, 0.2) is 0 Å². The average molecular weight is 749 g/mol. The number of benzene rings is 2. The molecule has 51 heavy (non-hydrogen) atoms. The van der Waals surface area contributed by atoms with Gasteiger partial charge in [-0.05, 0) is 61.1 Å². The molecule has 0 amide bonds. The lowest BCUT2D eigenvalue weighted by molar-refractivity contribution is -0.143. The van der Waals surface area contributed by atoms with Gasteiger partial charge < -0.3 is 46.1 Å². The summed E-state index contributed by atoms with van der Waals surface area (Å²) in [6, 6.07) is 16.5. The Bertz CT molecular complexity index is 1190. The van der Waals surface area contributed by atoms with Crippen molar-refractivity contribution < 1.29 is 46.1 Å². The molecule has 4 aliphatic heterocycles. The smallest absolute Gasteiger partial charge is 0.397 e. The van der Waals surface area contributed by atoms with Crippen molar-refractivity contribution in [3.8, 4) is 11.5 Å². The van der Waals surface area contributed by atoms with Gasteiger partial charge in [-0.15, -0.1) is 0 Å². The second-order valence-corrected chi connectivity index (χ2v) is 18.1. The highest BCUT2D eigenvalue weighted by atomic mass is 31.2. The lowest BCUT2D eigenvalue weighted by Crippen LogP contribution is -2.46. The first-order valence-corrected chi connectivity index (χ1v) is 20.8. The molecule has 0 saturated carbocycles. The maximum absolute atomic E-state index is 6.36. The number of hydrogen-bond donors (Lipinski definition) is 0. The van der Waals surface area contributed by atoms with Crippen LogP contribution in [0.1, 0.15) is 78.4 Å². The van der Waals surface area contributed by atoms with Gasteiger partial charge in [0, 0.05) is 27.1 Å². The molecular formula is C39H58O10P2. The van der Waals surface area contributed by atoms with Crippen LogP contribution in [0.2, 0.25) is 0 Å². The Labute approximate surface area is 307 Å². The topological polar surface area (TPSA) is 92.3 Å². The highest BCUT2D eigenvalue weighted by Crippen LogP contribution is 2.49. The molecule has 0 N–H and O–H groups in total. The zero-order valence-corrected chi connectivity index (χ0v) is 33.2. The van der Waals surface area contributed by atoms with Gasteiger partial charge in [-0.2, -0.15) is 0 Å². The van der Waals surface area contributed by atoms with Crippen LogP contribution < -0.4 is 9.05 Å². The van der Waals surface area contributed by atoms with Crippen LogP contribution in [0.4, 0.5) is 0 Å². The Kier molecular flexibility index (Phi) is 13.0. The van der Waals surface area contributed by atoms with Crippen LogP contribution in [0.3, 0.4) is 0 Å². The first kappa shape index (κ1) is 39.3. The van der Waals surface area contributed by atoms with Crippen molar-refractivity contribution in [3.05, 3.63) is 59.7 Å². The van der Waals surface area contributed by atoms with Crippen LogP contribution in [0.15, 0.2) is 48.5 Å². The van der Waals surface area contributed by atoms with Crippen molar-refractivity contribution >= 4 is 17.2 Å². The molecule has 284 valence electrons. The van der Waals surface area contributed by atoms with E-state index in [4.69, 9.17) is 46.1 Å². The van der Waals surface area contributed by atoms with E-state index in [1.807, 2.05) is 24.3 Å². The lowest BCUT2D eigenvalue weighted by atomic mass is 9.78. The Balaban J connectivity index is 1.07. The predicted octanol–water partition coefficient (Wildman–Crippen LogP) is 9.00. The molecule has 0 unspecified atom stereocenters. The standard InChI is InChI=1S/C39H58O10P2/c1-7-36(19-40-20-36)27-44-50(45-28-37(8-2)21-41-22-37)48-33-15-11-31(12-16-33)35(5,6)32-13-17-34(18-14-32)49-51(46-29-38(9-3)23-42-24-38)47-30-39(10-4)25-43-26-39/h11-18H,7-10,19-30H2,1-6H3. The molecule has 0 atom stereocenters. The van der Waals surface area contributed by atoms with E-state index < -0.39 is 17.2 Å². The summed E-state index contributed by atoms with van der Waals surface area (Å²) in [5.41, 5.74) is 2.22. The van der Waals surface area contributed by atoms with Crippen molar-refractivity contribution in [2.75, 3.05) is 79.3 Å². The summed E-state index contributed by atoms with van der Waals surface area (Å²) >= 11 is 0. The van der Waals surface area contributed by atoms with Crippen LogP contribution in [0.5, 0.6) is 11.5 Å². The number of hydrogen-bond acceptors (Lipinski definition) is 10. The Morgan fingerprint density at radius 3 is 0.922 bits per heavy atom. The van der Waals surface area contributed by atoms with Crippen molar-refractivity contribution in [1.82, 2.24) is 0 Å². The summed E-state index contributed by atoms with van der Waals surface area (Å²) in [6.45, 7) is 21.1. The third kappa shape index (κ3) is 9.28.